The Morgan fingerprint density at radius 2 is 1.68 bits per heavy atom. The number of aliphatic hydroxyl groups is 1. The number of fused-ring (bicyclic) bond motifs is 1. The quantitative estimate of drug-likeness (QED) is 0.794. The maximum Gasteiger partial charge on any atom is 0.336 e. The van der Waals surface area contributed by atoms with Crippen LogP contribution in [-0.2, 0) is 13.2 Å². The third kappa shape index (κ3) is 2.98. The molecule has 1 fully saturated rings. The van der Waals surface area contributed by atoms with Gasteiger partial charge in [-0.2, -0.15) is 0 Å². The van der Waals surface area contributed by atoms with E-state index in [0.717, 1.165) is 11.3 Å². The second-order valence-electron chi connectivity index (χ2n) is 6.76. The molecular weight excluding hydrogens is 316 g/mol. The van der Waals surface area contributed by atoms with Gasteiger partial charge in [-0.3, -0.25) is 4.57 Å². The summed E-state index contributed by atoms with van der Waals surface area (Å²) in [4.78, 5) is 21.9. The van der Waals surface area contributed by atoms with E-state index < -0.39 is 0 Å². The predicted octanol–water partition coefficient (Wildman–Crippen LogP) is 2.65. The minimum atomic E-state index is -0.0940. The summed E-state index contributed by atoms with van der Waals surface area (Å²) in [5, 5.41) is 9.22. The second kappa shape index (κ2) is 6.80. The molecule has 2 aromatic heterocycles. The molecule has 4 rings (SSSR count). The van der Waals surface area contributed by atoms with Gasteiger partial charge in [0.25, 0.3) is 0 Å². The van der Waals surface area contributed by atoms with E-state index >= 15 is 0 Å². The lowest BCUT2D eigenvalue weighted by Crippen LogP contribution is -2.27. The normalized spacial score (nSPS) is 15.7. The van der Waals surface area contributed by atoms with Crippen LogP contribution in [0.25, 0.3) is 17.0 Å². The van der Waals surface area contributed by atoms with Crippen molar-refractivity contribution in [2.24, 2.45) is 5.92 Å². The molecule has 6 nitrogen and oxygen atoms in total. The van der Waals surface area contributed by atoms with Crippen LogP contribution in [0.1, 0.15) is 37.7 Å². The summed E-state index contributed by atoms with van der Waals surface area (Å²) in [6.45, 7) is 0.689. The monoisotopic (exact) mass is 338 g/mol. The zero-order chi connectivity index (χ0) is 17.2. The van der Waals surface area contributed by atoms with Crippen LogP contribution in [0.3, 0.4) is 0 Å². The van der Waals surface area contributed by atoms with E-state index in [2.05, 4.69) is 9.97 Å². The average molecular weight is 338 g/mol. The standard InChI is InChI=1S/C19H22N4O2/c24-13-15-6-8-16(9-7-15)23-18-17(20-10-11-21-18)22(19(23)25)12-14-4-2-1-3-5-14/h6-11,14,24H,1-5,12-13H2. The molecule has 3 aromatic rings. The molecule has 1 aromatic carbocycles. The highest BCUT2D eigenvalue weighted by Gasteiger charge is 2.21. The first kappa shape index (κ1) is 16.0. The number of benzene rings is 1. The Hall–Kier alpha value is -2.47. The summed E-state index contributed by atoms with van der Waals surface area (Å²) in [6.07, 6.45) is 9.38. The van der Waals surface area contributed by atoms with Gasteiger partial charge < -0.3 is 5.11 Å². The van der Waals surface area contributed by atoms with Gasteiger partial charge in [0.15, 0.2) is 11.3 Å². The van der Waals surface area contributed by atoms with Gasteiger partial charge in [0.05, 0.1) is 12.3 Å². The highest BCUT2D eigenvalue weighted by Crippen LogP contribution is 2.26. The van der Waals surface area contributed by atoms with Gasteiger partial charge in [-0.15, -0.1) is 0 Å². The third-order valence-corrected chi connectivity index (χ3v) is 5.09. The fourth-order valence-electron chi connectivity index (χ4n) is 3.75. The van der Waals surface area contributed by atoms with Crippen LogP contribution in [0.5, 0.6) is 0 Å². The van der Waals surface area contributed by atoms with Gasteiger partial charge in [-0.05, 0) is 36.5 Å². The van der Waals surface area contributed by atoms with Crippen LogP contribution >= 0.6 is 0 Å². The maximum atomic E-state index is 13.1. The lowest BCUT2D eigenvalue weighted by atomic mass is 9.89. The Kier molecular flexibility index (Phi) is 4.36. The van der Waals surface area contributed by atoms with Gasteiger partial charge in [0.2, 0.25) is 0 Å². The van der Waals surface area contributed by atoms with E-state index in [9.17, 15) is 9.90 Å². The fourth-order valence-corrected chi connectivity index (χ4v) is 3.75. The van der Waals surface area contributed by atoms with Crippen molar-refractivity contribution in [1.29, 1.82) is 0 Å². The van der Waals surface area contributed by atoms with Crippen molar-refractivity contribution < 1.29 is 5.11 Å². The number of aromatic nitrogens is 4. The predicted molar refractivity (Wildman–Crippen MR) is 95.6 cm³/mol. The SMILES string of the molecule is O=c1n(CC2CCCCC2)c2nccnc2n1-c1ccc(CO)cc1. The van der Waals surface area contributed by atoms with Gasteiger partial charge in [0.1, 0.15) is 0 Å². The number of hydrogen-bond acceptors (Lipinski definition) is 4. The topological polar surface area (TPSA) is 72.9 Å². The van der Waals surface area contributed by atoms with Crippen LogP contribution in [0.2, 0.25) is 0 Å². The zero-order valence-corrected chi connectivity index (χ0v) is 14.1. The van der Waals surface area contributed by atoms with Crippen LogP contribution in [0, 0.1) is 5.92 Å². The van der Waals surface area contributed by atoms with Crippen molar-refractivity contribution in [1.82, 2.24) is 19.1 Å². The maximum absolute atomic E-state index is 13.1. The second-order valence-corrected chi connectivity index (χ2v) is 6.76. The molecule has 0 saturated heterocycles. The number of rotatable bonds is 4. The van der Waals surface area contributed by atoms with Gasteiger partial charge in [0, 0.05) is 18.9 Å². The van der Waals surface area contributed by atoms with E-state index in [0.29, 0.717) is 23.8 Å². The molecule has 0 radical (unpaired) electrons. The first-order valence-electron chi connectivity index (χ1n) is 8.90. The van der Waals surface area contributed by atoms with Gasteiger partial charge in [-0.1, -0.05) is 31.4 Å². The van der Waals surface area contributed by atoms with E-state index in [4.69, 9.17) is 0 Å². The molecule has 2 heterocycles. The van der Waals surface area contributed by atoms with Crippen molar-refractivity contribution in [3.63, 3.8) is 0 Å². The van der Waals surface area contributed by atoms with Crippen LogP contribution < -0.4 is 5.69 Å². The van der Waals surface area contributed by atoms with Crippen molar-refractivity contribution in [3.05, 3.63) is 52.7 Å². The molecule has 1 aliphatic rings. The lowest BCUT2D eigenvalue weighted by molar-refractivity contribution is 0.282. The molecule has 1 aliphatic carbocycles. The van der Waals surface area contributed by atoms with Crippen molar-refractivity contribution in [3.8, 4) is 5.69 Å². The molecular formula is C19H22N4O2. The average Bonchev–Trinajstić information content (AvgIpc) is 2.95. The number of nitrogens with zero attached hydrogens (tertiary/aromatic N) is 4. The van der Waals surface area contributed by atoms with Crippen molar-refractivity contribution in [2.45, 2.75) is 45.3 Å². The largest absolute Gasteiger partial charge is 0.392 e. The number of aliphatic hydroxyl groups excluding tert-OH is 1. The summed E-state index contributed by atoms with van der Waals surface area (Å²) >= 11 is 0. The first-order chi connectivity index (χ1) is 12.3. The van der Waals surface area contributed by atoms with Crippen LogP contribution in [0.4, 0.5) is 0 Å². The summed E-state index contributed by atoms with van der Waals surface area (Å²) in [5.74, 6) is 0.532. The Morgan fingerprint density at radius 1 is 1.00 bits per heavy atom. The smallest absolute Gasteiger partial charge is 0.336 e. The van der Waals surface area contributed by atoms with Crippen LogP contribution in [0.15, 0.2) is 41.5 Å². The fraction of sp³-hybridized carbons (Fsp3) is 0.421. The van der Waals surface area contributed by atoms with E-state index in [1.165, 1.54) is 32.1 Å². The molecule has 0 atom stereocenters. The minimum absolute atomic E-state index is 0.0155. The molecule has 0 spiro atoms. The Morgan fingerprint density at radius 3 is 2.36 bits per heavy atom. The van der Waals surface area contributed by atoms with Crippen molar-refractivity contribution >= 4 is 11.3 Å². The van der Waals surface area contributed by atoms with Gasteiger partial charge >= 0.3 is 5.69 Å². The number of imidazole rings is 1. The molecule has 0 bridgehead atoms. The third-order valence-electron chi connectivity index (χ3n) is 5.09. The summed E-state index contributed by atoms with van der Waals surface area (Å²) in [6, 6.07) is 7.32. The Bertz CT molecular complexity index is 921. The Balaban J connectivity index is 1.81. The highest BCUT2D eigenvalue weighted by atomic mass is 16.3. The molecule has 1 saturated carbocycles. The van der Waals surface area contributed by atoms with E-state index in [1.807, 2.05) is 24.3 Å². The molecule has 130 valence electrons. The highest BCUT2D eigenvalue weighted by molar-refractivity contribution is 5.69. The summed E-state index contributed by atoms with van der Waals surface area (Å²) in [5.41, 5.74) is 2.69. The van der Waals surface area contributed by atoms with Crippen LogP contribution in [-0.4, -0.2) is 24.2 Å². The lowest BCUT2D eigenvalue weighted by Gasteiger charge is -2.21. The first-order valence-corrected chi connectivity index (χ1v) is 8.90. The molecule has 0 amide bonds. The minimum Gasteiger partial charge on any atom is -0.392 e. The Labute approximate surface area is 145 Å². The number of hydrogen-bond donors (Lipinski definition) is 1. The molecule has 6 heteroatoms. The van der Waals surface area contributed by atoms with Crippen molar-refractivity contribution in [2.75, 3.05) is 0 Å². The molecule has 25 heavy (non-hydrogen) atoms. The molecule has 0 aliphatic heterocycles. The summed E-state index contributed by atoms with van der Waals surface area (Å²) < 4.78 is 3.39. The molecule has 0 unspecified atom stereocenters. The zero-order valence-electron chi connectivity index (χ0n) is 14.1. The molecule has 1 N–H and O–H groups in total. The van der Waals surface area contributed by atoms with E-state index in [-0.39, 0.29) is 12.3 Å². The van der Waals surface area contributed by atoms with E-state index in [1.54, 1.807) is 21.5 Å². The summed E-state index contributed by atoms with van der Waals surface area (Å²) in [7, 11) is 0. The van der Waals surface area contributed by atoms with Gasteiger partial charge in [-0.25, -0.2) is 19.3 Å².